The molecule has 3 rings (SSSR count). The van der Waals surface area contributed by atoms with Crippen LogP contribution in [-0.4, -0.2) is 5.91 Å². The van der Waals surface area contributed by atoms with Gasteiger partial charge in [-0.3, -0.25) is 4.79 Å². The van der Waals surface area contributed by atoms with Crippen LogP contribution < -0.4 is 10.6 Å². The van der Waals surface area contributed by atoms with Crippen molar-refractivity contribution in [3.05, 3.63) is 88.8 Å². The van der Waals surface area contributed by atoms with Crippen LogP contribution in [0, 0.1) is 0 Å². The van der Waals surface area contributed by atoms with Gasteiger partial charge in [0.15, 0.2) is 0 Å². The van der Waals surface area contributed by atoms with Gasteiger partial charge in [-0.2, -0.15) is 0 Å². The number of hydrogen-bond acceptors (Lipinski definition) is 3. The van der Waals surface area contributed by atoms with Gasteiger partial charge in [-0.15, -0.1) is 0 Å². The van der Waals surface area contributed by atoms with Crippen LogP contribution in [0.3, 0.4) is 0 Å². The Morgan fingerprint density at radius 3 is 2.38 bits per heavy atom. The number of furan rings is 1. The molecule has 1 aromatic heterocycles. The molecule has 0 saturated heterocycles. The van der Waals surface area contributed by atoms with Gasteiger partial charge in [0.1, 0.15) is 5.76 Å². The minimum Gasteiger partial charge on any atom is -0.468 e. The van der Waals surface area contributed by atoms with Crippen molar-refractivity contribution in [1.29, 1.82) is 0 Å². The van der Waals surface area contributed by atoms with E-state index in [1.807, 2.05) is 36.4 Å². The maximum atomic E-state index is 12.1. The van der Waals surface area contributed by atoms with Crippen LogP contribution in [0.4, 0.5) is 5.69 Å². The molecule has 0 saturated carbocycles. The topological polar surface area (TPSA) is 54.3 Å². The molecular formula is C19H17ClN2O2. The molecule has 0 aliphatic heterocycles. The number of halogens is 1. The lowest BCUT2D eigenvalue weighted by atomic mass is 10.2. The van der Waals surface area contributed by atoms with Crippen molar-refractivity contribution in [3.8, 4) is 0 Å². The third-order valence-corrected chi connectivity index (χ3v) is 3.78. The predicted octanol–water partition coefficient (Wildman–Crippen LogP) is 4.48. The van der Waals surface area contributed by atoms with E-state index in [9.17, 15) is 4.79 Å². The quantitative estimate of drug-likeness (QED) is 0.695. The highest BCUT2D eigenvalue weighted by Crippen LogP contribution is 2.14. The second-order valence-electron chi connectivity index (χ2n) is 5.34. The Bertz CT molecular complexity index is 781. The largest absolute Gasteiger partial charge is 0.468 e. The molecule has 0 radical (unpaired) electrons. The summed E-state index contributed by atoms with van der Waals surface area (Å²) in [4.78, 5) is 12.1. The third-order valence-electron chi connectivity index (χ3n) is 3.53. The van der Waals surface area contributed by atoms with E-state index >= 15 is 0 Å². The standard InChI is InChI=1S/C19H17ClN2O2/c20-16-7-5-15(6-8-16)19(23)22-17-9-3-14(4-10-17)12-21-13-18-2-1-11-24-18/h1-11,21H,12-13H2,(H,22,23). The maximum absolute atomic E-state index is 12.1. The van der Waals surface area contributed by atoms with Gasteiger partial charge < -0.3 is 15.1 Å². The first kappa shape index (κ1) is 16.3. The molecule has 0 bridgehead atoms. The third kappa shape index (κ3) is 4.47. The van der Waals surface area contributed by atoms with E-state index in [4.69, 9.17) is 16.0 Å². The van der Waals surface area contributed by atoms with E-state index in [-0.39, 0.29) is 5.91 Å². The molecule has 0 unspecified atom stereocenters. The monoisotopic (exact) mass is 340 g/mol. The average molecular weight is 341 g/mol. The molecule has 5 heteroatoms. The molecule has 1 heterocycles. The molecule has 0 atom stereocenters. The van der Waals surface area contributed by atoms with Crippen LogP contribution in [-0.2, 0) is 13.1 Å². The van der Waals surface area contributed by atoms with Crippen molar-refractivity contribution in [1.82, 2.24) is 5.32 Å². The van der Waals surface area contributed by atoms with Gasteiger partial charge in [0.2, 0.25) is 0 Å². The number of rotatable bonds is 6. The lowest BCUT2D eigenvalue weighted by molar-refractivity contribution is 0.102. The number of nitrogens with one attached hydrogen (secondary N) is 2. The highest BCUT2D eigenvalue weighted by Gasteiger charge is 2.05. The summed E-state index contributed by atoms with van der Waals surface area (Å²) in [7, 11) is 0. The zero-order chi connectivity index (χ0) is 16.8. The fraction of sp³-hybridized carbons (Fsp3) is 0.105. The van der Waals surface area contributed by atoms with E-state index in [2.05, 4.69) is 10.6 Å². The molecular weight excluding hydrogens is 324 g/mol. The summed E-state index contributed by atoms with van der Waals surface area (Å²) < 4.78 is 5.27. The van der Waals surface area contributed by atoms with Crippen LogP contribution in [0.25, 0.3) is 0 Å². The van der Waals surface area contributed by atoms with E-state index in [0.29, 0.717) is 17.1 Å². The van der Waals surface area contributed by atoms with Crippen LogP contribution in [0.2, 0.25) is 5.02 Å². The molecule has 0 aliphatic carbocycles. The first-order valence-corrected chi connectivity index (χ1v) is 7.97. The van der Waals surface area contributed by atoms with Crippen LogP contribution >= 0.6 is 11.6 Å². The van der Waals surface area contributed by atoms with Crippen LogP contribution in [0.5, 0.6) is 0 Å². The Balaban J connectivity index is 1.52. The highest BCUT2D eigenvalue weighted by molar-refractivity contribution is 6.30. The minimum absolute atomic E-state index is 0.157. The Labute approximate surface area is 145 Å². The van der Waals surface area contributed by atoms with Crippen molar-refractivity contribution in [2.45, 2.75) is 13.1 Å². The van der Waals surface area contributed by atoms with E-state index < -0.39 is 0 Å². The summed E-state index contributed by atoms with van der Waals surface area (Å²) in [5.41, 5.74) is 2.46. The number of benzene rings is 2. The van der Waals surface area contributed by atoms with Crippen molar-refractivity contribution >= 4 is 23.2 Å². The molecule has 2 aromatic carbocycles. The second kappa shape index (κ2) is 7.81. The van der Waals surface area contributed by atoms with Crippen molar-refractivity contribution in [2.75, 3.05) is 5.32 Å². The van der Waals surface area contributed by atoms with Crippen molar-refractivity contribution in [3.63, 3.8) is 0 Å². The van der Waals surface area contributed by atoms with E-state index in [1.165, 1.54) is 0 Å². The number of carbonyl (C=O) groups excluding carboxylic acids is 1. The normalized spacial score (nSPS) is 10.5. The van der Waals surface area contributed by atoms with Gasteiger partial charge in [-0.25, -0.2) is 0 Å². The molecule has 2 N–H and O–H groups in total. The highest BCUT2D eigenvalue weighted by atomic mass is 35.5. The predicted molar refractivity (Wildman–Crippen MR) is 95.1 cm³/mol. The zero-order valence-corrected chi connectivity index (χ0v) is 13.7. The zero-order valence-electron chi connectivity index (χ0n) is 13.0. The van der Waals surface area contributed by atoms with E-state index in [0.717, 1.165) is 23.6 Å². The smallest absolute Gasteiger partial charge is 0.255 e. The SMILES string of the molecule is O=C(Nc1ccc(CNCc2ccco2)cc1)c1ccc(Cl)cc1. The molecule has 4 nitrogen and oxygen atoms in total. The van der Waals surface area contributed by atoms with Gasteiger partial charge in [0, 0.05) is 22.8 Å². The Kier molecular flexibility index (Phi) is 5.31. The van der Waals surface area contributed by atoms with Crippen molar-refractivity contribution < 1.29 is 9.21 Å². The minimum atomic E-state index is -0.157. The summed E-state index contributed by atoms with van der Waals surface area (Å²) in [6.45, 7) is 1.41. The molecule has 24 heavy (non-hydrogen) atoms. The molecule has 0 fully saturated rings. The summed E-state index contributed by atoms with van der Waals surface area (Å²) >= 11 is 5.82. The van der Waals surface area contributed by atoms with Gasteiger partial charge >= 0.3 is 0 Å². The van der Waals surface area contributed by atoms with Gasteiger partial charge in [0.25, 0.3) is 5.91 Å². The number of amides is 1. The van der Waals surface area contributed by atoms with Gasteiger partial charge in [-0.05, 0) is 54.1 Å². The Hall–Kier alpha value is -2.56. The summed E-state index contributed by atoms with van der Waals surface area (Å²) in [6, 6.07) is 18.3. The van der Waals surface area contributed by atoms with Crippen molar-refractivity contribution in [2.24, 2.45) is 0 Å². The summed E-state index contributed by atoms with van der Waals surface area (Å²) in [5, 5.41) is 6.78. The number of carbonyl (C=O) groups is 1. The Morgan fingerprint density at radius 1 is 0.958 bits per heavy atom. The molecule has 3 aromatic rings. The van der Waals surface area contributed by atoms with Gasteiger partial charge in [0.05, 0.1) is 12.8 Å². The fourth-order valence-corrected chi connectivity index (χ4v) is 2.38. The lowest BCUT2D eigenvalue weighted by Gasteiger charge is -2.07. The average Bonchev–Trinajstić information content (AvgIpc) is 3.10. The van der Waals surface area contributed by atoms with Crippen LogP contribution in [0.1, 0.15) is 21.7 Å². The lowest BCUT2D eigenvalue weighted by Crippen LogP contribution is -2.13. The maximum Gasteiger partial charge on any atom is 0.255 e. The Morgan fingerprint density at radius 2 is 1.71 bits per heavy atom. The first-order valence-electron chi connectivity index (χ1n) is 7.60. The van der Waals surface area contributed by atoms with Gasteiger partial charge in [-0.1, -0.05) is 23.7 Å². The number of hydrogen-bond donors (Lipinski definition) is 2. The molecule has 0 aliphatic rings. The molecule has 0 spiro atoms. The van der Waals surface area contributed by atoms with Crippen LogP contribution in [0.15, 0.2) is 71.3 Å². The number of anilines is 1. The molecule has 1 amide bonds. The molecule has 122 valence electrons. The first-order chi connectivity index (χ1) is 11.7. The summed E-state index contributed by atoms with van der Waals surface area (Å²) in [5.74, 6) is 0.747. The fourth-order valence-electron chi connectivity index (χ4n) is 2.25. The van der Waals surface area contributed by atoms with E-state index in [1.54, 1.807) is 30.5 Å². The second-order valence-corrected chi connectivity index (χ2v) is 5.78. The summed E-state index contributed by atoms with van der Waals surface area (Å²) in [6.07, 6.45) is 1.66.